The smallest absolute Gasteiger partial charge is 0.336 e. The lowest BCUT2D eigenvalue weighted by Gasteiger charge is -2.25. The van der Waals surface area contributed by atoms with Gasteiger partial charge in [0.15, 0.2) is 0 Å². The second kappa shape index (κ2) is 8.38. The van der Waals surface area contributed by atoms with Gasteiger partial charge in [-0.3, -0.25) is 9.59 Å². The number of hydrogen-bond donors (Lipinski definition) is 0. The number of aryl methyl sites for hydroxylation is 2. The largest absolute Gasteiger partial charge is 0.461 e. The number of carbonyl (C=O) groups excluding carboxylic acids is 2. The molecule has 2 heterocycles. The Balaban J connectivity index is 1.47. The summed E-state index contributed by atoms with van der Waals surface area (Å²) in [7, 11) is 0. The van der Waals surface area contributed by atoms with Crippen LogP contribution in [0.3, 0.4) is 0 Å². The number of benzene rings is 2. The van der Waals surface area contributed by atoms with E-state index in [0.717, 1.165) is 22.1 Å². The van der Waals surface area contributed by atoms with E-state index in [0.29, 0.717) is 17.7 Å². The zero-order valence-corrected chi connectivity index (χ0v) is 17.9. The topological polar surface area (TPSA) is 76.8 Å². The van der Waals surface area contributed by atoms with Crippen molar-refractivity contribution in [1.82, 2.24) is 4.90 Å². The van der Waals surface area contributed by atoms with Crippen molar-refractivity contribution in [3.8, 4) is 0 Å². The molecular formula is C25H25NO5. The summed E-state index contributed by atoms with van der Waals surface area (Å²) in [6.07, 6.45) is 0.131. The lowest BCUT2D eigenvalue weighted by atomic mass is 10.0. The second-order valence-corrected chi connectivity index (χ2v) is 8.12. The Morgan fingerprint density at radius 3 is 2.65 bits per heavy atom. The zero-order chi connectivity index (χ0) is 22.1. The number of fused-ring (bicyclic) bond motifs is 1. The van der Waals surface area contributed by atoms with Gasteiger partial charge >= 0.3 is 11.6 Å². The third-order valence-corrected chi connectivity index (χ3v) is 6.13. The number of carbonyl (C=O) groups is 2. The van der Waals surface area contributed by atoms with Crippen molar-refractivity contribution >= 4 is 22.8 Å². The molecule has 0 unspecified atom stereocenters. The first-order chi connectivity index (χ1) is 14.8. The molecule has 0 bridgehead atoms. The summed E-state index contributed by atoms with van der Waals surface area (Å²) in [5.41, 5.74) is 3.56. The van der Waals surface area contributed by atoms with Gasteiger partial charge in [0, 0.05) is 30.0 Å². The number of ether oxygens (including phenoxy) is 1. The van der Waals surface area contributed by atoms with Crippen LogP contribution in [0, 0.1) is 19.8 Å². The molecule has 160 valence electrons. The van der Waals surface area contributed by atoms with Crippen molar-refractivity contribution in [2.75, 3.05) is 6.54 Å². The van der Waals surface area contributed by atoms with Gasteiger partial charge in [0.1, 0.15) is 12.2 Å². The van der Waals surface area contributed by atoms with Crippen molar-refractivity contribution in [2.45, 2.75) is 39.8 Å². The standard InChI is InChI=1S/C25H25NO5/c1-15-9-10-21-20(12-23(28)31-24(21)16(15)2)14-30-25(29)19-11-22(27)26(13-19)17(3)18-7-5-4-6-8-18/h4-10,12,17,19H,11,13-14H2,1-3H3/t17-,19+/m1/s1. The van der Waals surface area contributed by atoms with Crippen LogP contribution in [0.1, 0.15) is 41.6 Å². The minimum absolute atomic E-state index is 0.0393. The summed E-state index contributed by atoms with van der Waals surface area (Å²) in [5, 5.41) is 0.748. The number of amides is 1. The average molecular weight is 419 g/mol. The number of rotatable bonds is 5. The molecule has 6 heteroatoms. The van der Waals surface area contributed by atoms with Crippen LogP contribution in [0.4, 0.5) is 0 Å². The van der Waals surface area contributed by atoms with Gasteiger partial charge in [-0.25, -0.2) is 4.79 Å². The summed E-state index contributed by atoms with van der Waals surface area (Å²) in [6.45, 7) is 6.08. The first kappa shape index (κ1) is 20.8. The lowest BCUT2D eigenvalue weighted by molar-refractivity contribution is -0.149. The Kier molecular flexibility index (Phi) is 5.63. The summed E-state index contributed by atoms with van der Waals surface area (Å²) >= 11 is 0. The second-order valence-electron chi connectivity index (χ2n) is 8.12. The molecule has 0 saturated carbocycles. The highest BCUT2D eigenvalue weighted by Gasteiger charge is 2.38. The SMILES string of the molecule is Cc1ccc2c(COC(=O)[C@H]3CC(=O)N([C@H](C)c4ccccc4)C3)cc(=O)oc2c1C. The van der Waals surface area contributed by atoms with Crippen molar-refractivity contribution in [3.63, 3.8) is 0 Å². The predicted molar refractivity (Wildman–Crippen MR) is 116 cm³/mol. The molecule has 1 aliphatic heterocycles. The highest BCUT2D eigenvalue weighted by atomic mass is 16.5. The third kappa shape index (κ3) is 4.10. The monoisotopic (exact) mass is 419 g/mol. The van der Waals surface area contributed by atoms with E-state index in [1.165, 1.54) is 6.07 Å². The van der Waals surface area contributed by atoms with Crippen LogP contribution in [0.25, 0.3) is 11.0 Å². The lowest BCUT2D eigenvalue weighted by Crippen LogP contribution is -2.29. The molecule has 2 aromatic carbocycles. The van der Waals surface area contributed by atoms with Crippen molar-refractivity contribution < 1.29 is 18.7 Å². The summed E-state index contributed by atoms with van der Waals surface area (Å²) in [6, 6.07) is 14.8. The van der Waals surface area contributed by atoms with E-state index >= 15 is 0 Å². The van der Waals surface area contributed by atoms with Crippen molar-refractivity contribution in [2.24, 2.45) is 5.92 Å². The molecule has 1 fully saturated rings. The predicted octanol–water partition coefficient (Wildman–Crippen LogP) is 4.06. The molecule has 0 N–H and O–H groups in total. The van der Waals surface area contributed by atoms with Crippen LogP contribution in [-0.4, -0.2) is 23.3 Å². The average Bonchev–Trinajstić information content (AvgIpc) is 3.16. The molecule has 0 radical (unpaired) electrons. The number of nitrogens with zero attached hydrogens (tertiary/aromatic N) is 1. The summed E-state index contributed by atoms with van der Waals surface area (Å²) in [4.78, 5) is 39.0. The van der Waals surface area contributed by atoms with Gasteiger partial charge in [-0.05, 0) is 37.5 Å². The van der Waals surface area contributed by atoms with Gasteiger partial charge < -0.3 is 14.1 Å². The summed E-state index contributed by atoms with van der Waals surface area (Å²) < 4.78 is 10.9. The van der Waals surface area contributed by atoms with Crippen LogP contribution >= 0.6 is 0 Å². The molecule has 1 amide bonds. The number of hydrogen-bond acceptors (Lipinski definition) is 5. The Morgan fingerprint density at radius 2 is 1.90 bits per heavy atom. The van der Waals surface area contributed by atoms with Gasteiger partial charge in [0.2, 0.25) is 5.91 Å². The Labute approximate surface area is 180 Å². The number of esters is 1. The minimum Gasteiger partial charge on any atom is -0.461 e. The molecule has 4 rings (SSSR count). The van der Waals surface area contributed by atoms with Crippen LogP contribution in [0.15, 0.2) is 57.7 Å². The Hall–Kier alpha value is -3.41. The normalized spacial score (nSPS) is 17.2. The van der Waals surface area contributed by atoms with Gasteiger partial charge in [-0.1, -0.05) is 42.5 Å². The molecule has 2 atom stereocenters. The molecule has 6 nitrogen and oxygen atoms in total. The van der Waals surface area contributed by atoms with Gasteiger partial charge in [0.05, 0.1) is 12.0 Å². The van der Waals surface area contributed by atoms with E-state index in [4.69, 9.17) is 9.15 Å². The third-order valence-electron chi connectivity index (χ3n) is 6.13. The van der Waals surface area contributed by atoms with E-state index in [1.54, 1.807) is 4.90 Å². The van der Waals surface area contributed by atoms with Crippen molar-refractivity contribution in [1.29, 1.82) is 0 Å². The first-order valence-electron chi connectivity index (χ1n) is 10.4. The first-order valence-corrected chi connectivity index (χ1v) is 10.4. The molecule has 0 aliphatic carbocycles. The van der Waals surface area contributed by atoms with Gasteiger partial charge in [-0.15, -0.1) is 0 Å². The highest BCUT2D eigenvalue weighted by molar-refractivity contribution is 5.87. The van der Waals surface area contributed by atoms with Crippen LogP contribution in [0.5, 0.6) is 0 Å². The highest BCUT2D eigenvalue weighted by Crippen LogP contribution is 2.29. The van der Waals surface area contributed by atoms with E-state index in [1.807, 2.05) is 63.2 Å². The van der Waals surface area contributed by atoms with Gasteiger partial charge in [0.25, 0.3) is 0 Å². The molecule has 1 aromatic heterocycles. The Bertz CT molecular complexity index is 1200. The fourth-order valence-corrected chi connectivity index (χ4v) is 4.09. The van der Waals surface area contributed by atoms with E-state index in [-0.39, 0.29) is 25.0 Å². The zero-order valence-electron chi connectivity index (χ0n) is 17.9. The Morgan fingerprint density at radius 1 is 1.16 bits per heavy atom. The fraction of sp³-hybridized carbons (Fsp3) is 0.320. The van der Waals surface area contributed by atoms with E-state index < -0.39 is 17.5 Å². The fourth-order valence-electron chi connectivity index (χ4n) is 4.09. The summed E-state index contributed by atoms with van der Waals surface area (Å²) in [5.74, 6) is -1.01. The molecule has 3 aromatic rings. The molecule has 1 saturated heterocycles. The van der Waals surface area contributed by atoms with E-state index in [2.05, 4.69) is 0 Å². The number of likely N-dealkylation sites (tertiary alicyclic amines) is 1. The van der Waals surface area contributed by atoms with Crippen LogP contribution in [0.2, 0.25) is 0 Å². The van der Waals surface area contributed by atoms with Crippen molar-refractivity contribution in [3.05, 3.63) is 81.2 Å². The van der Waals surface area contributed by atoms with E-state index in [9.17, 15) is 14.4 Å². The maximum Gasteiger partial charge on any atom is 0.336 e. The van der Waals surface area contributed by atoms with Gasteiger partial charge in [-0.2, -0.15) is 0 Å². The quantitative estimate of drug-likeness (QED) is 0.460. The maximum absolute atomic E-state index is 12.7. The molecule has 0 spiro atoms. The minimum atomic E-state index is -0.519. The van der Waals surface area contributed by atoms with Crippen LogP contribution < -0.4 is 5.63 Å². The van der Waals surface area contributed by atoms with Crippen LogP contribution in [-0.2, 0) is 20.9 Å². The molecule has 1 aliphatic rings. The molecular weight excluding hydrogens is 394 g/mol. The molecule has 31 heavy (non-hydrogen) atoms. The maximum atomic E-state index is 12.7.